The first-order valence-electron chi connectivity index (χ1n) is 6.86. The summed E-state index contributed by atoms with van der Waals surface area (Å²) < 4.78 is 6.00. The number of aromatic carboxylic acids is 1. The van der Waals surface area contributed by atoms with Crippen LogP contribution in [-0.4, -0.2) is 38.9 Å². The van der Waals surface area contributed by atoms with Gasteiger partial charge >= 0.3 is 5.97 Å². The molecular formula is C15H16N2O3S. The van der Waals surface area contributed by atoms with E-state index in [9.17, 15) is 4.79 Å². The molecular weight excluding hydrogens is 288 g/mol. The van der Waals surface area contributed by atoms with Gasteiger partial charge in [-0.2, -0.15) is 16.9 Å². The average Bonchev–Trinajstić information content (AvgIpc) is 2.99. The molecule has 5 nitrogen and oxygen atoms in total. The van der Waals surface area contributed by atoms with E-state index < -0.39 is 5.97 Å². The first-order chi connectivity index (χ1) is 10.2. The molecule has 2 N–H and O–H groups in total. The molecule has 1 aromatic heterocycles. The van der Waals surface area contributed by atoms with Crippen LogP contribution in [-0.2, 0) is 0 Å². The van der Waals surface area contributed by atoms with Crippen molar-refractivity contribution in [2.45, 2.75) is 18.9 Å². The molecule has 1 saturated heterocycles. The van der Waals surface area contributed by atoms with Crippen LogP contribution in [0.2, 0.25) is 0 Å². The lowest BCUT2D eigenvalue weighted by Crippen LogP contribution is -2.23. The minimum atomic E-state index is -1.01. The summed E-state index contributed by atoms with van der Waals surface area (Å²) in [5.41, 5.74) is 1.54. The van der Waals surface area contributed by atoms with Gasteiger partial charge in [0.25, 0.3) is 0 Å². The third kappa shape index (κ3) is 3.39. The van der Waals surface area contributed by atoms with Gasteiger partial charge < -0.3 is 9.84 Å². The van der Waals surface area contributed by atoms with E-state index in [0.717, 1.165) is 23.5 Å². The number of benzene rings is 1. The quantitative estimate of drug-likeness (QED) is 0.908. The van der Waals surface area contributed by atoms with Crippen molar-refractivity contribution in [2.24, 2.45) is 0 Å². The van der Waals surface area contributed by atoms with Crippen LogP contribution in [0.4, 0.5) is 0 Å². The fourth-order valence-corrected chi connectivity index (χ4v) is 3.34. The summed E-state index contributed by atoms with van der Waals surface area (Å²) in [5, 5.41) is 15.5. The number of carboxylic acid groups (broad SMARTS) is 1. The lowest BCUT2D eigenvalue weighted by Gasteiger charge is -2.22. The first-order valence-corrected chi connectivity index (χ1v) is 8.01. The standard InChI is InChI=1S/C15H16N2O3S/c18-15(19)14-8-13(16-17-14)10-3-1-4-11(7-10)20-12-5-2-6-21-9-12/h1,3-4,7-8,12H,2,5-6,9H2,(H,16,17)(H,18,19). The molecule has 1 fully saturated rings. The minimum Gasteiger partial charge on any atom is -0.490 e. The molecule has 0 aliphatic carbocycles. The summed E-state index contributed by atoms with van der Waals surface area (Å²) in [6.07, 6.45) is 2.53. The molecule has 1 aliphatic heterocycles. The van der Waals surface area contributed by atoms with Crippen LogP contribution in [0.5, 0.6) is 5.75 Å². The minimum absolute atomic E-state index is 0.0833. The number of aromatic nitrogens is 2. The molecule has 1 atom stereocenters. The van der Waals surface area contributed by atoms with Gasteiger partial charge in [-0.15, -0.1) is 0 Å². The van der Waals surface area contributed by atoms with Crippen molar-refractivity contribution in [3.8, 4) is 17.0 Å². The number of H-pyrrole nitrogens is 1. The molecule has 110 valence electrons. The van der Waals surface area contributed by atoms with E-state index in [-0.39, 0.29) is 11.8 Å². The predicted octanol–water partition coefficient (Wildman–Crippen LogP) is 3.05. The number of nitrogens with one attached hydrogen (secondary N) is 1. The van der Waals surface area contributed by atoms with Crippen LogP contribution in [0.1, 0.15) is 23.3 Å². The highest BCUT2D eigenvalue weighted by Gasteiger charge is 2.16. The second kappa shape index (κ2) is 6.22. The summed E-state index contributed by atoms with van der Waals surface area (Å²) in [7, 11) is 0. The smallest absolute Gasteiger partial charge is 0.353 e. The van der Waals surface area contributed by atoms with E-state index in [1.165, 1.54) is 18.2 Å². The number of thioether (sulfide) groups is 1. The SMILES string of the molecule is O=C(O)c1cc(-c2cccc(OC3CCCSC3)c2)n[nH]1. The van der Waals surface area contributed by atoms with Crippen molar-refractivity contribution in [1.82, 2.24) is 10.2 Å². The van der Waals surface area contributed by atoms with Gasteiger partial charge in [0.1, 0.15) is 17.5 Å². The van der Waals surface area contributed by atoms with Gasteiger partial charge in [0.2, 0.25) is 0 Å². The van der Waals surface area contributed by atoms with E-state index in [1.807, 2.05) is 36.0 Å². The molecule has 0 radical (unpaired) electrons. The summed E-state index contributed by atoms with van der Waals surface area (Å²) in [6.45, 7) is 0. The maximum Gasteiger partial charge on any atom is 0.353 e. The van der Waals surface area contributed by atoms with Crippen LogP contribution in [0.3, 0.4) is 0 Å². The third-order valence-corrected chi connectivity index (χ3v) is 4.54. The molecule has 0 amide bonds. The van der Waals surface area contributed by atoms with E-state index in [4.69, 9.17) is 9.84 Å². The Balaban J connectivity index is 1.76. The lowest BCUT2D eigenvalue weighted by atomic mass is 10.1. The number of hydrogen-bond acceptors (Lipinski definition) is 4. The number of carboxylic acids is 1. The van der Waals surface area contributed by atoms with Gasteiger partial charge in [-0.1, -0.05) is 12.1 Å². The Morgan fingerprint density at radius 3 is 3.05 bits per heavy atom. The highest BCUT2D eigenvalue weighted by molar-refractivity contribution is 7.99. The largest absolute Gasteiger partial charge is 0.490 e. The van der Waals surface area contributed by atoms with Crippen LogP contribution in [0, 0.1) is 0 Å². The molecule has 21 heavy (non-hydrogen) atoms. The summed E-state index contributed by atoms with van der Waals surface area (Å²) >= 11 is 1.92. The molecule has 3 rings (SSSR count). The first kappa shape index (κ1) is 14.0. The molecule has 1 aliphatic rings. The van der Waals surface area contributed by atoms with Crippen LogP contribution in [0.15, 0.2) is 30.3 Å². The zero-order chi connectivity index (χ0) is 14.7. The van der Waals surface area contributed by atoms with Gasteiger partial charge in [0.15, 0.2) is 0 Å². The van der Waals surface area contributed by atoms with Crippen molar-refractivity contribution in [2.75, 3.05) is 11.5 Å². The van der Waals surface area contributed by atoms with Crippen molar-refractivity contribution in [3.63, 3.8) is 0 Å². The molecule has 1 unspecified atom stereocenters. The highest BCUT2D eigenvalue weighted by atomic mass is 32.2. The van der Waals surface area contributed by atoms with Crippen molar-refractivity contribution < 1.29 is 14.6 Å². The highest BCUT2D eigenvalue weighted by Crippen LogP contribution is 2.26. The number of ether oxygens (including phenoxy) is 1. The Labute approximate surface area is 126 Å². The Bertz CT molecular complexity index is 635. The maximum atomic E-state index is 10.9. The second-order valence-corrected chi connectivity index (χ2v) is 6.11. The van der Waals surface area contributed by atoms with Gasteiger partial charge in [0, 0.05) is 11.3 Å². The van der Waals surface area contributed by atoms with Crippen molar-refractivity contribution >= 4 is 17.7 Å². The Kier molecular flexibility index (Phi) is 4.15. The molecule has 2 aromatic rings. The third-order valence-electron chi connectivity index (χ3n) is 3.36. The van der Waals surface area contributed by atoms with Crippen molar-refractivity contribution in [1.29, 1.82) is 0 Å². The number of rotatable bonds is 4. The van der Waals surface area contributed by atoms with Gasteiger partial charge in [-0.3, -0.25) is 5.10 Å². The number of nitrogens with zero attached hydrogens (tertiary/aromatic N) is 1. The molecule has 0 spiro atoms. The lowest BCUT2D eigenvalue weighted by molar-refractivity contribution is 0.0690. The number of aromatic amines is 1. The molecule has 0 saturated carbocycles. The summed E-state index contributed by atoms with van der Waals surface area (Å²) in [6, 6.07) is 9.15. The van der Waals surface area contributed by atoms with Crippen LogP contribution < -0.4 is 4.74 Å². The fourth-order valence-electron chi connectivity index (χ4n) is 2.30. The van der Waals surface area contributed by atoms with Gasteiger partial charge in [-0.05, 0) is 36.8 Å². The van der Waals surface area contributed by atoms with E-state index in [2.05, 4.69) is 10.2 Å². The average molecular weight is 304 g/mol. The summed E-state index contributed by atoms with van der Waals surface area (Å²) in [5.74, 6) is 2.03. The number of carbonyl (C=O) groups is 1. The number of hydrogen-bond donors (Lipinski definition) is 2. The Morgan fingerprint density at radius 2 is 2.33 bits per heavy atom. The van der Waals surface area contributed by atoms with Crippen LogP contribution in [0.25, 0.3) is 11.3 Å². The Hall–Kier alpha value is -1.95. The zero-order valence-electron chi connectivity index (χ0n) is 11.4. The molecule has 0 bridgehead atoms. The monoisotopic (exact) mass is 304 g/mol. The fraction of sp³-hybridized carbons (Fsp3) is 0.333. The second-order valence-electron chi connectivity index (χ2n) is 4.96. The topological polar surface area (TPSA) is 75.2 Å². The van der Waals surface area contributed by atoms with E-state index in [1.54, 1.807) is 0 Å². The van der Waals surface area contributed by atoms with E-state index >= 15 is 0 Å². The molecule has 2 heterocycles. The van der Waals surface area contributed by atoms with Crippen molar-refractivity contribution in [3.05, 3.63) is 36.0 Å². The van der Waals surface area contributed by atoms with Crippen LogP contribution >= 0.6 is 11.8 Å². The normalized spacial score (nSPS) is 18.4. The molecule has 1 aromatic carbocycles. The molecule has 6 heteroatoms. The van der Waals surface area contributed by atoms with Gasteiger partial charge in [-0.25, -0.2) is 4.79 Å². The van der Waals surface area contributed by atoms with Gasteiger partial charge in [0.05, 0.1) is 5.69 Å². The zero-order valence-corrected chi connectivity index (χ0v) is 12.2. The Morgan fingerprint density at radius 1 is 1.43 bits per heavy atom. The van der Waals surface area contributed by atoms with E-state index in [0.29, 0.717) is 5.69 Å². The summed E-state index contributed by atoms with van der Waals surface area (Å²) in [4.78, 5) is 10.9. The predicted molar refractivity (Wildman–Crippen MR) is 82.0 cm³/mol. The maximum absolute atomic E-state index is 10.9.